The van der Waals surface area contributed by atoms with Crippen molar-refractivity contribution in [2.75, 3.05) is 27.7 Å². The van der Waals surface area contributed by atoms with E-state index in [0.29, 0.717) is 6.54 Å². The van der Waals surface area contributed by atoms with Crippen LogP contribution in [0.15, 0.2) is 0 Å². The Bertz CT molecular complexity index is 73.5. The Balaban J connectivity index is 3.38. The lowest BCUT2D eigenvalue weighted by molar-refractivity contribution is 0.0135. The number of rotatable bonds is 3. The average molecular weight is 132 g/mol. The van der Waals surface area contributed by atoms with Gasteiger partial charge >= 0.3 is 0 Å². The summed E-state index contributed by atoms with van der Waals surface area (Å²) in [7, 11) is 5.83. The molecule has 1 atom stereocenters. The molecule has 0 aliphatic carbocycles. The third-order valence-corrected chi connectivity index (χ3v) is 1.21. The van der Waals surface area contributed by atoms with Crippen molar-refractivity contribution < 1.29 is 5.11 Å². The smallest absolute Gasteiger partial charge is 0.0653 e. The molecule has 0 aromatic rings. The molecule has 0 aromatic carbocycles. The molecule has 0 rings (SSSR count). The second kappa shape index (κ2) is 3.82. The minimum absolute atomic E-state index is 0.252. The van der Waals surface area contributed by atoms with Crippen LogP contribution in [0.4, 0.5) is 0 Å². The summed E-state index contributed by atoms with van der Waals surface area (Å²) in [6, 6.07) is 0. The number of aliphatic hydroxyl groups is 1. The Morgan fingerprint density at radius 2 is 1.78 bits per heavy atom. The normalized spacial score (nSPS) is 15.0. The second-order valence-electron chi connectivity index (χ2n) is 2.54. The molecule has 56 valence electrons. The molecule has 1 N–H and O–H groups in total. The van der Waals surface area contributed by atoms with Crippen LogP contribution in [-0.2, 0) is 0 Å². The zero-order chi connectivity index (χ0) is 7.44. The average Bonchev–Trinajstić information content (AvgIpc) is 1.63. The minimum atomic E-state index is -0.252. The van der Waals surface area contributed by atoms with Gasteiger partial charge in [0.2, 0.25) is 0 Å². The topological polar surface area (TPSA) is 26.7 Å². The van der Waals surface area contributed by atoms with Crippen LogP contribution in [0.25, 0.3) is 0 Å². The fraction of sp³-hybridized carbons (Fsp3) is 1.00. The van der Waals surface area contributed by atoms with Crippen LogP contribution in [-0.4, -0.2) is 48.9 Å². The lowest BCUT2D eigenvalue weighted by atomic mass is 10.4. The summed E-state index contributed by atoms with van der Waals surface area (Å²) in [5.74, 6) is 0. The standard InChI is InChI=1S/C6H16N2O/c1-6(9)5-8(4)7(2)3/h6,9H,5H2,1-4H3. The van der Waals surface area contributed by atoms with Gasteiger partial charge in [0.25, 0.3) is 0 Å². The lowest BCUT2D eigenvalue weighted by Crippen LogP contribution is -2.37. The second-order valence-corrected chi connectivity index (χ2v) is 2.54. The maximum atomic E-state index is 8.90. The monoisotopic (exact) mass is 132 g/mol. The molecule has 3 nitrogen and oxygen atoms in total. The summed E-state index contributed by atoms with van der Waals surface area (Å²) in [5, 5.41) is 12.8. The van der Waals surface area contributed by atoms with Crippen molar-refractivity contribution in [3.05, 3.63) is 0 Å². The predicted molar refractivity (Wildman–Crippen MR) is 38.0 cm³/mol. The zero-order valence-corrected chi connectivity index (χ0v) is 6.63. The highest BCUT2D eigenvalue weighted by atomic mass is 16.3. The molecule has 0 bridgehead atoms. The summed E-state index contributed by atoms with van der Waals surface area (Å²) in [5.41, 5.74) is 0. The van der Waals surface area contributed by atoms with Gasteiger partial charge < -0.3 is 5.11 Å². The van der Waals surface area contributed by atoms with Crippen molar-refractivity contribution in [3.63, 3.8) is 0 Å². The highest BCUT2D eigenvalue weighted by molar-refractivity contribution is 4.49. The minimum Gasteiger partial charge on any atom is -0.392 e. The maximum Gasteiger partial charge on any atom is 0.0653 e. The van der Waals surface area contributed by atoms with Crippen LogP contribution < -0.4 is 0 Å². The van der Waals surface area contributed by atoms with Crippen LogP contribution in [0.3, 0.4) is 0 Å². The van der Waals surface area contributed by atoms with Gasteiger partial charge in [-0.3, -0.25) is 0 Å². The van der Waals surface area contributed by atoms with E-state index >= 15 is 0 Å². The van der Waals surface area contributed by atoms with Crippen molar-refractivity contribution in [1.29, 1.82) is 0 Å². The molecule has 0 radical (unpaired) electrons. The van der Waals surface area contributed by atoms with Crippen LogP contribution >= 0.6 is 0 Å². The first kappa shape index (κ1) is 8.88. The first-order chi connectivity index (χ1) is 4.04. The van der Waals surface area contributed by atoms with Crippen molar-refractivity contribution in [3.8, 4) is 0 Å². The highest BCUT2D eigenvalue weighted by Gasteiger charge is 2.02. The molecule has 9 heavy (non-hydrogen) atoms. The fourth-order valence-corrected chi connectivity index (χ4v) is 0.546. The summed E-state index contributed by atoms with van der Waals surface area (Å²) in [4.78, 5) is 0. The predicted octanol–water partition coefficient (Wildman–Crippen LogP) is -0.224. The number of hydrazine groups is 1. The van der Waals surface area contributed by atoms with Crippen molar-refractivity contribution in [2.45, 2.75) is 13.0 Å². The van der Waals surface area contributed by atoms with Gasteiger partial charge in [0.05, 0.1) is 6.10 Å². The molecule has 0 spiro atoms. The van der Waals surface area contributed by atoms with Crippen molar-refractivity contribution in [1.82, 2.24) is 10.0 Å². The van der Waals surface area contributed by atoms with Gasteiger partial charge in [-0.15, -0.1) is 0 Å². The quantitative estimate of drug-likeness (QED) is 0.538. The number of hydrogen-bond acceptors (Lipinski definition) is 3. The third-order valence-electron chi connectivity index (χ3n) is 1.21. The summed E-state index contributed by atoms with van der Waals surface area (Å²) < 4.78 is 0. The Kier molecular flexibility index (Phi) is 3.77. The Morgan fingerprint density at radius 3 is 1.89 bits per heavy atom. The summed E-state index contributed by atoms with van der Waals surface area (Å²) in [6.45, 7) is 2.47. The van der Waals surface area contributed by atoms with E-state index in [1.165, 1.54) is 0 Å². The molecule has 0 aliphatic heterocycles. The van der Waals surface area contributed by atoms with Crippen LogP contribution in [0, 0.1) is 0 Å². The Hall–Kier alpha value is -0.120. The van der Waals surface area contributed by atoms with E-state index in [1.54, 1.807) is 6.92 Å². The van der Waals surface area contributed by atoms with Crippen LogP contribution in [0.2, 0.25) is 0 Å². The van der Waals surface area contributed by atoms with E-state index in [4.69, 9.17) is 5.11 Å². The number of aliphatic hydroxyl groups excluding tert-OH is 1. The van der Waals surface area contributed by atoms with Gasteiger partial charge in [-0.1, -0.05) is 0 Å². The molecule has 1 unspecified atom stereocenters. The molecule has 0 amide bonds. The van der Waals surface area contributed by atoms with E-state index in [2.05, 4.69) is 0 Å². The molecule has 0 saturated carbocycles. The fourth-order valence-electron chi connectivity index (χ4n) is 0.546. The number of nitrogens with zero attached hydrogens (tertiary/aromatic N) is 2. The van der Waals surface area contributed by atoms with Gasteiger partial charge in [-0.2, -0.15) is 0 Å². The van der Waals surface area contributed by atoms with Gasteiger partial charge in [0, 0.05) is 27.7 Å². The van der Waals surface area contributed by atoms with Gasteiger partial charge in [-0.05, 0) is 6.92 Å². The lowest BCUT2D eigenvalue weighted by Gasteiger charge is -2.24. The Morgan fingerprint density at radius 1 is 1.33 bits per heavy atom. The maximum absolute atomic E-state index is 8.90. The number of likely N-dealkylation sites (N-methyl/N-ethyl adjacent to an activating group) is 1. The van der Waals surface area contributed by atoms with Crippen LogP contribution in [0.1, 0.15) is 6.92 Å². The number of hydrogen-bond donors (Lipinski definition) is 1. The molecule has 3 heteroatoms. The van der Waals surface area contributed by atoms with Crippen molar-refractivity contribution in [2.24, 2.45) is 0 Å². The van der Waals surface area contributed by atoms with Gasteiger partial charge in [-0.25, -0.2) is 10.0 Å². The largest absolute Gasteiger partial charge is 0.392 e. The molecule has 0 fully saturated rings. The van der Waals surface area contributed by atoms with E-state index in [-0.39, 0.29) is 6.10 Å². The molecular formula is C6H16N2O. The highest BCUT2D eigenvalue weighted by Crippen LogP contribution is 1.88. The summed E-state index contributed by atoms with van der Waals surface area (Å²) >= 11 is 0. The molecule has 0 saturated heterocycles. The van der Waals surface area contributed by atoms with E-state index < -0.39 is 0 Å². The molecule has 0 aromatic heterocycles. The van der Waals surface area contributed by atoms with Gasteiger partial charge in [0.15, 0.2) is 0 Å². The molecular weight excluding hydrogens is 116 g/mol. The van der Waals surface area contributed by atoms with E-state index in [0.717, 1.165) is 0 Å². The first-order valence-electron chi connectivity index (χ1n) is 3.10. The van der Waals surface area contributed by atoms with E-state index in [9.17, 15) is 0 Å². The third kappa shape index (κ3) is 4.39. The molecule has 0 aliphatic rings. The van der Waals surface area contributed by atoms with Crippen LogP contribution in [0.5, 0.6) is 0 Å². The summed E-state index contributed by atoms with van der Waals surface area (Å²) in [6.07, 6.45) is -0.252. The molecule has 0 heterocycles. The van der Waals surface area contributed by atoms with Gasteiger partial charge in [0.1, 0.15) is 0 Å². The van der Waals surface area contributed by atoms with E-state index in [1.807, 2.05) is 31.2 Å². The SMILES string of the molecule is CC(O)CN(C)N(C)C. The zero-order valence-electron chi connectivity index (χ0n) is 6.63. The van der Waals surface area contributed by atoms with Crippen molar-refractivity contribution >= 4 is 0 Å². The first-order valence-corrected chi connectivity index (χ1v) is 3.10. The Labute approximate surface area is 56.8 Å².